The average molecular weight is 313 g/mol. The first-order valence-corrected chi connectivity index (χ1v) is 6.41. The maximum absolute atomic E-state index is 12.0. The van der Waals surface area contributed by atoms with Crippen molar-refractivity contribution in [1.29, 1.82) is 0 Å². The molecule has 0 atom stereocenters. The number of carbonyl (C=O) groups excluding carboxylic acids is 1. The lowest BCUT2D eigenvalue weighted by Crippen LogP contribution is -2.25. The third-order valence-electron chi connectivity index (χ3n) is 2.71. The summed E-state index contributed by atoms with van der Waals surface area (Å²) in [5.41, 5.74) is 1.41. The second-order valence-electron chi connectivity index (χ2n) is 4.58. The topological polar surface area (TPSA) is 56.2 Å². The minimum atomic E-state index is -4.46. The van der Waals surface area contributed by atoms with E-state index in [1.807, 2.05) is 18.2 Å². The Morgan fingerprint density at radius 3 is 2.64 bits per heavy atom. The molecule has 22 heavy (non-hydrogen) atoms. The molecule has 0 saturated carbocycles. The first kappa shape index (κ1) is 16.0. The SMILES string of the molecule is Cc1cnn(-c2ccccc2)c1NC(=O)COCC(F)(F)F. The van der Waals surface area contributed by atoms with Crippen molar-refractivity contribution in [3.63, 3.8) is 0 Å². The van der Waals surface area contributed by atoms with Gasteiger partial charge in [-0.3, -0.25) is 4.79 Å². The minimum Gasteiger partial charge on any atom is -0.362 e. The Morgan fingerprint density at radius 2 is 2.00 bits per heavy atom. The number of nitrogens with zero attached hydrogens (tertiary/aromatic N) is 2. The summed E-state index contributed by atoms with van der Waals surface area (Å²) >= 11 is 0. The largest absolute Gasteiger partial charge is 0.411 e. The summed E-state index contributed by atoms with van der Waals surface area (Å²) in [6.07, 6.45) is -2.90. The molecule has 0 aliphatic rings. The third-order valence-corrected chi connectivity index (χ3v) is 2.71. The van der Waals surface area contributed by atoms with E-state index >= 15 is 0 Å². The van der Waals surface area contributed by atoms with Crippen molar-refractivity contribution in [2.75, 3.05) is 18.5 Å². The molecule has 0 bridgehead atoms. The van der Waals surface area contributed by atoms with Crippen molar-refractivity contribution in [3.05, 3.63) is 42.1 Å². The Morgan fingerprint density at radius 1 is 1.32 bits per heavy atom. The Labute approximate surface area is 124 Å². The van der Waals surface area contributed by atoms with Crippen LogP contribution >= 0.6 is 0 Å². The van der Waals surface area contributed by atoms with Gasteiger partial charge in [0.05, 0.1) is 11.9 Å². The molecular weight excluding hydrogens is 299 g/mol. The van der Waals surface area contributed by atoms with Gasteiger partial charge in [-0.2, -0.15) is 18.3 Å². The van der Waals surface area contributed by atoms with Gasteiger partial charge in [-0.05, 0) is 19.1 Å². The Hall–Kier alpha value is -2.35. The molecule has 0 unspecified atom stereocenters. The summed E-state index contributed by atoms with van der Waals surface area (Å²) in [5, 5.41) is 6.65. The average Bonchev–Trinajstić information content (AvgIpc) is 2.80. The molecule has 2 aromatic rings. The van der Waals surface area contributed by atoms with E-state index in [1.165, 1.54) is 4.68 Å². The van der Waals surface area contributed by atoms with E-state index in [2.05, 4.69) is 15.2 Å². The van der Waals surface area contributed by atoms with E-state index in [1.54, 1.807) is 25.3 Å². The van der Waals surface area contributed by atoms with Crippen LogP contribution in [0.4, 0.5) is 19.0 Å². The summed E-state index contributed by atoms with van der Waals surface area (Å²) in [4.78, 5) is 11.7. The van der Waals surface area contributed by atoms with Gasteiger partial charge >= 0.3 is 6.18 Å². The van der Waals surface area contributed by atoms with E-state index < -0.39 is 25.3 Å². The molecule has 1 aromatic carbocycles. The van der Waals surface area contributed by atoms with E-state index in [4.69, 9.17) is 0 Å². The van der Waals surface area contributed by atoms with E-state index in [0.717, 1.165) is 5.69 Å². The van der Waals surface area contributed by atoms with Crippen molar-refractivity contribution >= 4 is 11.7 Å². The van der Waals surface area contributed by atoms with Crippen LogP contribution in [-0.2, 0) is 9.53 Å². The quantitative estimate of drug-likeness (QED) is 0.923. The van der Waals surface area contributed by atoms with Crippen LogP contribution in [0.1, 0.15) is 5.56 Å². The fourth-order valence-corrected chi connectivity index (χ4v) is 1.77. The number of halogens is 3. The first-order chi connectivity index (χ1) is 10.4. The first-order valence-electron chi connectivity index (χ1n) is 6.41. The standard InChI is InChI=1S/C14H14F3N3O2/c1-10-7-18-20(11-5-3-2-4-6-11)13(10)19-12(21)8-22-9-14(15,16)17/h2-7H,8-9H2,1H3,(H,19,21). The highest BCUT2D eigenvalue weighted by Crippen LogP contribution is 2.19. The van der Waals surface area contributed by atoms with Crippen molar-refractivity contribution < 1.29 is 22.7 Å². The predicted octanol–water partition coefficient (Wildman–Crippen LogP) is 2.70. The van der Waals surface area contributed by atoms with Crippen LogP contribution in [0.25, 0.3) is 5.69 Å². The zero-order valence-electron chi connectivity index (χ0n) is 11.7. The lowest BCUT2D eigenvalue weighted by molar-refractivity contribution is -0.174. The van der Waals surface area contributed by atoms with Gasteiger partial charge in [0.1, 0.15) is 19.0 Å². The van der Waals surface area contributed by atoms with Gasteiger partial charge in [0.25, 0.3) is 5.91 Å². The molecule has 1 N–H and O–H groups in total. The van der Waals surface area contributed by atoms with Crippen LogP contribution in [0.3, 0.4) is 0 Å². The third kappa shape index (κ3) is 4.32. The van der Waals surface area contributed by atoms with Crippen molar-refractivity contribution in [3.8, 4) is 5.69 Å². The van der Waals surface area contributed by atoms with Crippen LogP contribution in [0.15, 0.2) is 36.5 Å². The van der Waals surface area contributed by atoms with E-state index in [9.17, 15) is 18.0 Å². The zero-order valence-corrected chi connectivity index (χ0v) is 11.7. The van der Waals surface area contributed by atoms with Gasteiger partial charge in [0, 0.05) is 5.56 Å². The normalized spacial score (nSPS) is 11.5. The molecule has 1 aromatic heterocycles. The maximum atomic E-state index is 12.0. The number of nitrogens with one attached hydrogen (secondary N) is 1. The molecule has 2 rings (SSSR count). The summed E-state index contributed by atoms with van der Waals surface area (Å²) < 4.78 is 41.7. The fourth-order valence-electron chi connectivity index (χ4n) is 1.77. The lowest BCUT2D eigenvalue weighted by Gasteiger charge is -2.11. The minimum absolute atomic E-state index is 0.395. The number of para-hydroxylation sites is 1. The van der Waals surface area contributed by atoms with Crippen molar-refractivity contribution in [2.24, 2.45) is 0 Å². The monoisotopic (exact) mass is 313 g/mol. The molecule has 5 nitrogen and oxygen atoms in total. The molecule has 0 aliphatic heterocycles. The highest BCUT2D eigenvalue weighted by atomic mass is 19.4. The molecule has 0 saturated heterocycles. The fraction of sp³-hybridized carbons (Fsp3) is 0.286. The van der Waals surface area contributed by atoms with Gasteiger partial charge in [-0.25, -0.2) is 4.68 Å². The summed E-state index contributed by atoms with van der Waals surface area (Å²) in [7, 11) is 0. The second kappa shape index (κ2) is 6.61. The number of carbonyl (C=O) groups is 1. The number of rotatable bonds is 5. The van der Waals surface area contributed by atoms with E-state index in [0.29, 0.717) is 11.4 Å². The highest BCUT2D eigenvalue weighted by molar-refractivity contribution is 5.91. The zero-order chi connectivity index (χ0) is 16.2. The van der Waals surface area contributed by atoms with Gasteiger partial charge < -0.3 is 10.1 Å². The molecule has 1 amide bonds. The molecule has 1 heterocycles. The van der Waals surface area contributed by atoms with Crippen LogP contribution in [0.5, 0.6) is 0 Å². The molecule has 0 aliphatic carbocycles. The maximum Gasteiger partial charge on any atom is 0.411 e. The van der Waals surface area contributed by atoms with Crippen molar-refractivity contribution in [2.45, 2.75) is 13.1 Å². The molecule has 8 heteroatoms. The second-order valence-corrected chi connectivity index (χ2v) is 4.58. The van der Waals surface area contributed by atoms with Gasteiger partial charge in [-0.15, -0.1) is 0 Å². The molecular formula is C14H14F3N3O2. The molecule has 0 fully saturated rings. The number of hydrogen-bond donors (Lipinski definition) is 1. The van der Waals surface area contributed by atoms with E-state index in [-0.39, 0.29) is 0 Å². The smallest absolute Gasteiger partial charge is 0.362 e. The predicted molar refractivity (Wildman–Crippen MR) is 73.8 cm³/mol. The summed E-state index contributed by atoms with van der Waals surface area (Å²) in [6, 6.07) is 9.04. The number of alkyl halides is 3. The highest BCUT2D eigenvalue weighted by Gasteiger charge is 2.27. The van der Waals surface area contributed by atoms with Crippen LogP contribution in [0.2, 0.25) is 0 Å². The van der Waals surface area contributed by atoms with Gasteiger partial charge in [-0.1, -0.05) is 18.2 Å². The van der Waals surface area contributed by atoms with Crippen LogP contribution in [0, 0.1) is 6.92 Å². The molecule has 0 radical (unpaired) electrons. The number of benzene rings is 1. The van der Waals surface area contributed by atoms with Crippen LogP contribution < -0.4 is 5.32 Å². The molecule has 0 spiro atoms. The number of amides is 1. The Kier molecular flexibility index (Phi) is 4.81. The number of aromatic nitrogens is 2. The number of aryl methyl sites for hydroxylation is 1. The van der Waals surface area contributed by atoms with Gasteiger partial charge in [0.15, 0.2) is 0 Å². The Balaban J connectivity index is 2.04. The molecule has 118 valence electrons. The summed E-state index contributed by atoms with van der Waals surface area (Å²) in [6.45, 7) is -0.408. The van der Waals surface area contributed by atoms with Gasteiger partial charge in [0.2, 0.25) is 0 Å². The number of anilines is 1. The summed E-state index contributed by atoms with van der Waals surface area (Å²) in [5.74, 6) is -0.281. The van der Waals surface area contributed by atoms with Crippen LogP contribution in [-0.4, -0.2) is 35.1 Å². The number of hydrogen-bond acceptors (Lipinski definition) is 3. The Bertz CT molecular complexity index is 639. The lowest BCUT2D eigenvalue weighted by atomic mass is 10.3. The number of ether oxygens (including phenoxy) is 1. The van der Waals surface area contributed by atoms with Crippen molar-refractivity contribution in [1.82, 2.24) is 9.78 Å².